The Morgan fingerprint density at radius 2 is 2.35 bits per heavy atom. The number of nitrogen functional groups attached to an aromatic ring is 1. The van der Waals surface area contributed by atoms with Crippen LogP contribution < -0.4 is 5.73 Å². The lowest BCUT2D eigenvalue weighted by Crippen LogP contribution is -2.42. The third kappa shape index (κ3) is 2.76. The number of rotatable bonds is 2. The molecule has 3 nitrogen and oxygen atoms in total. The second-order valence-electron chi connectivity index (χ2n) is 5.62. The standard InChI is InChI=1S/C15H18BrNO2S/c16-11-1-2-12(13(17)7-11)14(18)10-3-5-19-15(8-10)4-6-20-9-15/h1-2,7,10H,3-6,8-9,17H2. The third-order valence-corrected chi connectivity index (χ3v) is 5.93. The van der Waals surface area contributed by atoms with E-state index in [9.17, 15) is 4.79 Å². The quantitative estimate of drug-likeness (QED) is 0.651. The van der Waals surface area contributed by atoms with E-state index in [-0.39, 0.29) is 17.3 Å². The predicted molar refractivity (Wildman–Crippen MR) is 86.2 cm³/mol. The molecule has 2 aliphatic heterocycles. The van der Waals surface area contributed by atoms with Crippen LogP contribution in [0.2, 0.25) is 0 Å². The second-order valence-corrected chi connectivity index (χ2v) is 7.64. The minimum Gasteiger partial charge on any atom is -0.398 e. The van der Waals surface area contributed by atoms with E-state index in [1.165, 1.54) is 0 Å². The smallest absolute Gasteiger partial charge is 0.168 e. The highest BCUT2D eigenvalue weighted by Gasteiger charge is 2.42. The molecule has 2 aliphatic rings. The summed E-state index contributed by atoms with van der Waals surface area (Å²) in [5.41, 5.74) is 7.14. The second kappa shape index (κ2) is 5.70. The molecule has 2 fully saturated rings. The number of nitrogens with two attached hydrogens (primary N) is 1. The van der Waals surface area contributed by atoms with Crippen LogP contribution in [0.4, 0.5) is 5.69 Å². The van der Waals surface area contributed by atoms with Crippen LogP contribution >= 0.6 is 27.7 Å². The minimum atomic E-state index is -0.0621. The lowest BCUT2D eigenvalue weighted by Gasteiger charge is -2.37. The number of ether oxygens (including phenoxy) is 1. The molecule has 0 amide bonds. The van der Waals surface area contributed by atoms with Gasteiger partial charge in [-0.05, 0) is 43.2 Å². The van der Waals surface area contributed by atoms with E-state index in [4.69, 9.17) is 10.5 Å². The van der Waals surface area contributed by atoms with Gasteiger partial charge in [0.05, 0.1) is 5.60 Å². The zero-order chi connectivity index (χ0) is 14.2. The van der Waals surface area contributed by atoms with Crippen LogP contribution in [0.15, 0.2) is 22.7 Å². The van der Waals surface area contributed by atoms with Gasteiger partial charge in [0.2, 0.25) is 0 Å². The molecule has 0 aromatic heterocycles. The van der Waals surface area contributed by atoms with E-state index < -0.39 is 0 Å². The van der Waals surface area contributed by atoms with E-state index in [0.717, 1.165) is 35.2 Å². The average Bonchev–Trinajstić information content (AvgIpc) is 2.86. The number of halogens is 1. The van der Waals surface area contributed by atoms with Crippen molar-refractivity contribution in [2.45, 2.75) is 24.9 Å². The molecule has 2 N–H and O–H groups in total. The number of carbonyl (C=O) groups is 1. The lowest BCUT2D eigenvalue weighted by molar-refractivity contribution is -0.0734. The van der Waals surface area contributed by atoms with Crippen molar-refractivity contribution in [3.8, 4) is 0 Å². The van der Waals surface area contributed by atoms with E-state index in [2.05, 4.69) is 15.9 Å². The Morgan fingerprint density at radius 3 is 3.05 bits per heavy atom. The number of thioether (sulfide) groups is 1. The van der Waals surface area contributed by atoms with Crippen molar-refractivity contribution in [2.75, 3.05) is 23.8 Å². The highest BCUT2D eigenvalue weighted by Crippen LogP contribution is 2.41. The van der Waals surface area contributed by atoms with Crippen LogP contribution in [-0.4, -0.2) is 29.5 Å². The van der Waals surface area contributed by atoms with Gasteiger partial charge in [-0.3, -0.25) is 4.79 Å². The van der Waals surface area contributed by atoms with E-state index in [1.54, 1.807) is 6.07 Å². The molecule has 108 valence electrons. The van der Waals surface area contributed by atoms with Gasteiger partial charge in [0, 0.05) is 34.0 Å². The van der Waals surface area contributed by atoms with Gasteiger partial charge in [-0.25, -0.2) is 0 Å². The van der Waals surface area contributed by atoms with Crippen LogP contribution in [0.1, 0.15) is 29.6 Å². The fraction of sp³-hybridized carbons (Fsp3) is 0.533. The number of ketones is 1. The molecule has 20 heavy (non-hydrogen) atoms. The number of hydrogen-bond acceptors (Lipinski definition) is 4. The van der Waals surface area contributed by atoms with E-state index >= 15 is 0 Å². The van der Waals surface area contributed by atoms with E-state index in [0.29, 0.717) is 17.9 Å². The van der Waals surface area contributed by atoms with Crippen LogP contribution in [0.5, 0.6) is 0 Å². The van der Waals surface area contributed by atoms with Gasteiger partial charge in [-0.2, -0.15) is 11.8 Å². The molecule has 2 atom stereocenters. The summed E-state index contributed by atoms with van der Waals surface area (Å²) in [4.78, 5) is 12.7. The predicted octanol–water partition coefficient (Wildman–Crippen LogP) is 3.52. The largest absolute Gasteiger partial charge is 0.398 e. The number of anilines is 1. The first-order valence-electron chi connectivity index (χ1n) is 6.91. The molecule has 1 aromatic rings. The van der Waals surface area contributed by atoms with Crippen LogP contribution in [0, 0.1) is 5.92 Å². The van der Waals surface area contributed by atoms with Gasteiger partial charge >= 0.3 is 0 Å². The number of carbonyl (C=O) groups excluding carboxylic acids is 1. The summed E-state index contributed by atoms with van der Waals surface area (Å²) in [5.74, 6) is 2.38. The summed E-state index contributed by atoms with van der Waals surface area (Å²) < 4.78 is 6.89. The number of benzene rings is 1. The van der Waals surface area contributed by atoms with Gasteiger partial charge < -0.3 is 10.5 Å². The minimum absolute atomic E-state index is 0.0472. The summed E-state index contributed by atoms with van der Waals surface area (Å²) >= 11 is 5.30. The Kier molecular flexibility index (Phi) is 4.11. The fourth-order valence-corrected chi connectivity index (χ4v) is 4.85. The molecule has 2 saturated heterocycles. The van der Waals surface area contributed by atoms with Gasteiger partial charge in [0.15, 0.2) is 5.78 Å². The maximum atomic E-state index is 12.7. The molecule has 1 aromatic carbocycles. The molecular weight excluding hydrogens is 338 g/mol. The zero-order valence-corrected chi connectivity index (χ0v) is 13.6. The average molecular weight is 356 g/mol. The molecule has 0 bridgehead atoms. The first-order valence-corrected chi connectivity index (χ1v) is 8.85. The van der Waals surface area contributed by atoms with Crippen molar-refractivity contribution in [3.05, 3.63) is 28.2 Å². The van der Waals surface area contributed by atoms with Crippen LogP contribution in [-0.2, 0) is 4.74 Å². The monoisotopic (exact) mass is 355 g/mol. The van der Waals surface area contributed by atoms with E-state index in [1.807, 2.05) is 23.9 Å². The molecule has 2 unspecified atom stereocenters. The SMILES string of the molecule is Nc1cc(Br)ccc1C(=O)C1CCOC2(CCSC2)C1. The maximum absolute atomic E-state index is 12.7. The number of hydrogen-bond donors (Lipinski definition) is 1. The highest BCUT2D eigenvalue weighted by molar-refractivity contribution is 9.10. The normalized spacial score (nSPS) is 29.8. The number of Topliss-reactive ketones (excluding diaryl/α,β-unsaturated/α-hetero) is 1. The highest BCUT2D eigenvalue weighted by atomic mass is 79.9. The summed E-state index contributed by atoms with van der Waals surface area (Å²) in [6.07, 6.45) is 2.71. The van der Waals surface area contributed by atoms with Crippen molar-refractivity contribution in [2.24, 2.45) is 5.92 Å². The van der Waals surface area contributed by atoms with Crippen molar-refractivity contribution >= 4 is 39.2 Å². The molecule has 2 heterocycles. The first-order chi connectivity index (χ1) is 9.60. The molecule has 5 heteroatoms. The van der Waals surface area contributed by atoms with Crippen molar-refractivity contribution in [1.82, 2.24) is 0 Å². The molecule has 3 rings (SSSR count). The summed E-state index contributed by atoms with van der Waals surface area (Å²) in [7, 11) is 0. The van der Waals surface area contributed by atoms with Crippen molar-refractivity contribution < 1.29 is 9.53 Å². The molecule has 0 radical (unpaired) electrons. The summed E-state index contributed by atoms with van der Waals surface area (Å²) in [6.45, 7) is 0.688. The Labute approximate surface area is 131 Å². The lowest BCUT2D eigenvalue weighted by atomic mass is 9.81. The topological polar surface area (TPSA) is 52.3 Å². The molecule has 0 saturated carbocycles. The Hall–Kier alpha value is -0.520. The third-order valence-electron chi connectivity index (χ3n) is 4.21. The van der Waals surface area contributed by atoms with Gasteiger partial charge in [-0.15, -0.1) is 0 Å². The molecule has 1 spiro atoms. The van der Waals surface area contributed by atoms with Crippen LogP contribution in [0.25, 0.3) is 0 Å². The van der Waals surface area contributed by atoms with Crippen molar-refractivity contribution in [1.29, 1.82) is 0 Å². The molecular formula is C15H18BrNO2S. The van der Waals surface area contributed by atoms with Gasteiger partial charge in [0.25, 0.3) is 0 Å². The maximum Gasteiger partial charge on any atom is 0.168 e. The Bertz CT molecular complexity index is 529. The Balaban J connectivity index is 1.79. The fourth-order valence-electron chi connectivity index (χ4n) is 3.09. The van der Waals surface area contributed by atoms with Crippen molar-refractivity contribution in [3.63, 3.8) is 0 Å². The van der Waals surface area contributed by atoms with Gasteiger partial charge in [-0.1, -0.05) is 15.9 Å². The summed E-state index contributed by atoms with van der Waals surface area (Å²) in [6, 6.07) is 5.51. The molecule has 0 aliphatic carbocycles. The van der Waals surface area contributed by atoms with Crippen LogP contribution in [0.3, 0.4) is 0 Å². The Morgan fingerprint density at radius 1 is 1.50 bits per heavy atom. The zero-order valence-electron chi connectivity index (χ0n) is 11.2. The first kappa shape index (κ1) is 14.4. The van der Waals surface area contributed by atoms with Gasteiger partial charge in [0.1, 0.15) is 0 Å². The summed E-state index contributed by atoms with van der Waals surface area (Å²) in [5, 5.41) is 0.